The maximum Gasteiger partial charge on any atom is 0.237 e. The lowest BCUT2D eigenvalue weighted by molar-refractivity contribution is -0.124. The molecule has 1 amide bonds. The molecular formula is C13H26N2O2. The van der Waals surface area contributed by atoms with Crippen molar-refractivity contribution in [3.8, 4) is 0 Å². The van der Waals surface area contributed by atoms with Gasteiger partial charge in [0.1, 0.15) is 0 Å². The number of carbonyl (C=O) groups excluding carboxylic acids is 1. The van der Waals surface area contributed by atoms with Crippen molar-refractivity contribution in [3.05, 3.63) is 0 Å². The van der Waals surface area contributed by atoms with Gasteiger partial charge in [-0.05, 0) is 24.2 Å². The molecule has 0 unspecified atom stereocenters. The second-order valence-electron chi connectivity index (χ2n) is 5.55. The number of hydrogen-bond donors (Lipinski definition) is 2. The number of carbonyl (C=O) groups is 1. The van der Waals surface area contributed by atoms with Crippen molar-refractivity contribution in [2.24, 2.45) is 17.1 Å². The fourth-order valence-corrected chi connectivity index (χ4v) is 1.97. The first-order valence-corrected chi connectivity index (χ1v) is 6.59. The molecule has 0 saturated carbocycles. The minimum absolute atomic E-state index is 0.0212. The van der Waals surface area contributed by atoms with E-state index in [1.807, 2.05) is 6.92 Å². The van der Waals surface area contributed by atoms with Gasteiger partial charge >= 0.3 is 0 Å². The monoisotopic (exact) mass is 242 g/mol. The van der Waals surface area contributed by atoms with Gasteiger partial charge in [0.25, 0.3) is 0 Å². The highest BCUT2D eigenvalue weighted by Crippen LogP contribution is 2.28. The zero-order chi connectivity index (χ0) is 12.9. The molecule has 2 atom stereocenters. The molecule has 1 aliphatic heterocycles. The van der Waals surface area contributed by atoms with E-state index in [9.17, 15) is 4.79 Å². The van der Waals surface area contributed by atoms with Gasteiger partial charge in [-0.15, -0.1) is 0 Å². The van der Waals surface area contributed by atoms with Gasteiger partial charge in [-0.25, -0.2) is 0 Å². The van der Waals surface area contributed by atoms with Crippen molar-refractivity contribution < 1.29 is 9.53 Å². The van der Waals surface area contributed by atoms with Crippen LogP contribution in [-0.4, -0.2) is 31.7 Å². The second-order valence-corrected chi connectivity index (χ2v) is 5.55. The summed E-state index contributed by atoms with van der Waals surface area (Å²) in [6.07, 6.45) is 2.94. The van der Waals surface area contributed by atoms with Gasteiger partial charge in [-0.2, -0.15) is 0 Å². The van der Waals surface area contributed by atoms with Gasteiger partial charge in [0.05, 0.1) is 6.04 Å². The Morgan fingerprint density at radius 3 is 2.59 bits per heavy atom. The third kappa shape index (κ3) is 4.28. The Bertz CT molecular complexity index is 250. The number of ether oxygens (including phenoxy) is 1. The predicted molar refractivity (Wildman–Crippen MR) is 68.6 cm³/mol. The zero-order valence-electron chi connectivity index (χ0n) is 11.3. The lowest BCUT2D eigenvalue weighted by atomic mass is 9.82. The topological polar surface area (TPSA) is 64.4 Å². The Kier molecular flexibility index (Phi) is 5.40. The molecule has 0 aromatic carbocycles. The lowest BCUT2D eigenvalue weighted by Crippen LogP contribution is -2.48. The number of nitrogens with one attached hydrogen (secondary N) is 1. The first-order valence-electron chi connectivity index (χ1n) is 6.59. The van der Waals surface area contributed by atoms with Crippen LogP contribution in [0, 0.1) is 11.3 Å². The van der Waals surface area contributed by atoms with Crippen LogP contribution in [0.1, 0.15) is 40.0 Å². The van der Waals surface area contributed by atoms with Crippen LogP contribution in [0.2, 0.25) is 0 Å². The number of rotatable bonds is 5. The van der Waals surface area contributed by atoms with Gasteiger partial charge < -0.3 is 15.8 Å². The van der Waals surface area contributed by atoms with Crippen LogP contribution in [-0.2, 0) is 9.53 Å². The molecule has 17 heavy (non-hydrogen) atoms. The Morgan fingerprint density at radius 2 is 2.06 bits per heavy atom. The average molecular weight is 242 g/mol. The van der Waals surface area contributed by atoms with Gasteiger partial charge in [0, 0.05) is 19.8 Å². The van der Waals surface area contributed by atoms with Crippen LogP contribution in [0.15, 0.2) is 0 Å². The molecule has 0 aromatic heterocycles. The fourth-order valence-electron chi connectivity index (χ4n) is 1.97. The number of hydrogen-bond acceptors (Lipinski definition) is 3. The van der Waals surface area contributed by atoms with Crippen molar-refractivity contribution in [2.75, 3.05) is 19.8 Å². The van der Waals surface area contributed by atoms with E-state index in [1.54, 1.807) is 0 Å². The van der Waals surface area contributed by atoms with Gasteiger partial charge in [-0.3, -0.25) is 4.79 Å². The molecule has 0 aliphatic carbocycles. The smallest absolute Gasteiger partial charge is 0.237 e. The van der Waals surface area contributed by atoms with E-state index < -0.39 is 0 Å². The Hall–Kier alpha value is -0.610. The summed E-state index contributed by atoms with van der Waals surface area (Å²) < 4.78 is 5.34. The molecule has 0 bridgehead atoms. The van der Waals surface area contributed by atoms with Crippen LogP contribution >= 0.6 is 0 Å². The molecule has 1 heterocycles. The van der Waals surface area contributed by atoms with Crippen LogP contribution < -0.4 is 11.1 Å². The third-order valence-electron chi connectivity index (χ3n) is 3.95. The molecule has 0 radical (unpaired) electrons. The van der Waals surface area contributed by atoms with E-state index >= 15 is 0 Å². The van der Waals surface area contributed by atoms with Crippen molar-refractivity contribution >= 4 is 5.91 Å². The Morgan fingerprint density at radius 1 is 1.47 bits per heavy atom. The van der Waals surface area contributed by atoms with Crippen LogP contribution in [0.25, 0.3) is 0 Å². The summed E-state index contributed by atoms with van der Waals surface area (Å²) in [5.74, 6) is 0.213. The minimum atomic E-state index is -0.386. The summed E-state index contributed by atoms with van der Waals surface area (Å²) in [5, 5.41) is 2.99. The molecule has 1 saturated heterocycles. The predicted octanol–water partition coefficient (Wildman–Crippen LogP) is 1.29. The first kappa shape index (κ1) is 14.5. The Balaban J connectivity index is 2.36. The fraction of sp³-hybridized carbons (Fsp3) is 0.923. The van der Waals surface area contributed by atoms with Crippen LogP contribution in [0.3, 0.4) is 0 Å². The SMILES string of the molecule is CC[C@H](C)[C@H](N)C(=O)NCC1(C)CCOCC1. The molecule has 3 N–H and O–H groups in total. The van der Waals surface area contributed by atoms with E-state index in [0.29, 0.717) is 6.54 Å². The highest BCUT2D eigenvalue weighted by molar-refractivity contribution is 5.81. The summed E-state index contributed by atoms with van der Waals surface area (Å²) in [6.45, 7) is 8.56. The third-order valence-corrected chi connectivity index (χ3v) is 3.95. The quantitative estimate of drug-likeness (QED) is 0.763. The molecule has 1 rings (SSSR count). The highest BCUT2D eigenvalue weighted by Gasteiger charge is 2.29. The average Bonchev–Trinajstić information content (AvgIpc) is 2.35. The zero-order valence-corrected chi connectivity index (χ0v) is 11.3. The van der Waals surface area contributed by atoms with Gasteiger partial charge in [-0.1, -0.05) is 27.2 Å². The molecule has 4 heteroatoms. The van der Waals surface area contributed by atoms with E-state index in [4.69, 9.17) is 10.5 Å². The molecular weight excluding hydrogens is 216 g/mol. The lowest BCUT2D eigenvalue weighted by Gasteiger charge is -2.34. The van der Waals surface area contributed by atoms with E-state index in [1.165, 1.54) is 0 Å². The first-order chi connectivity index (χ1) is 7.98. The summed E-state index contributed by atoms with van der Waals surface area (Å²) >= 11 is 0. The maximum absolute atomic E-state index is 11.9. The number of amides is 1. The maximum atomic E-state index is 11.9. The molecule has 0 spiro atoms. The molecule has 0 aromatic rings. The number of nitrogens with two attached hydrogens (primary N) is 1. The van der Waals surface area contributed by atoms with Crippen molar-refractivity contribution in [1.82, 2.24) is 5.32 Å². The Labute approximate surface area is 104 Å². The van der Waals surface area contributed by atoms with E-state index in [-0.39, 0.29) is 23.3 Å². The van der Waals surface area contributed by atoms with Crippen molar-refractivity contribution in [1.29, 1.82) is 0 Å². The standard InChI is InChI=1S/C13H26N2O2/c1-4-10(2)11(14)12(16)15-9-13(3)5-7-17-8-6-13/h10-11H,4-9,14H2,1-3H3,(H,15,16)/t10-,11-/m0/s1. The summed E-state index contributed by atoms with van der Waals surface area (Å²) in [6, 6.07) is -0.386. The largest absolute Gasteiger partial charge is 0.381 e. The highest BCUT2D eigenvalue weighted by atomic mass is 16.5. The summed E-state index contributed by atoms with van der Waals surface area (Å²) in [4.78, 5) is 11.9. The van der Waals surface area contributed by atoms with E-state index in [0.717, 1.165) is 32.5 Å². The van der Waals surface area contributed by atoms with Crippen molar-refractivity contribution in [2.45, 2.75) is 46.1 Å². The van der Waals surface area contributed by atoms with Gasteiger partial charge in [0.2, 0.25) is 5.91 Å². The van der Waals surface area contributed by atoms with E-state index in [2.05, 4.69) is 19.2 Å². The molecule has 100 valence electrons. The van der Waals surface area contributed by atoms with Crippen LogP contribution in [0.5, 0.6) is 0 Å². The van der Waals surface area contributed by atoms with Crippen molar-refractivity contribution in [3.63, 3.8) is 0 Å². The molecule has 1 aliphatic rings. The van der Waals surface area contributed by atoms with Crippen LogP contribution in [0.4, 0.5) is 0 Å². The molecule has 4 nitrogen and oxygen atoms in total. The van der Waals surface area contributed by atoms with Gasteiger partial charge in [0.15, 0.2) is 0 Å². The second kappa shape index (κ2) is 6.36. The summed E-state index contributed by atoms with van der Waals surface area (Å²) in [5.41, 5.74) is 6.06. The normalized spacial score (nSPS) is 22.8. The summed E-state index contributed by atoms with van der Waals surface area (Å²) in [7, 11) is 0. The molecule has 1 fully saturated rings. The minimum Gasteiger partial charge on any atom is -0.381 e.